The summed E-state index contributed by atoms with van der Waals surface area (Å²) in [6.07, 6.45) is 1.78. The van der Waals surface area contributed by atoms with Crippen molar-refractivity contribution in [2.45, 2.75) is 4.90 Å². The highest BCUT2D eigenvalue weighted by Gasteiger charge is 2.12. The Labute approximate surface area is 89.2 Å². The monoisotopic (exact) mass is 223 g/mol. The number of nitriles is 1. The van der Waals surface area contributed by atoms with Crippen LogP contribution < -0.4 is 0 Å². The highest BCUT2D eigenvalue weighted by molar-refractivity contribution is 7.98. The van der Waals surface area contributed by atoms with E-state index in [1.165, 1.54) is 23.1 Å². The summed E-state index contributed by atoms with van der Waals surface area (Å²) >= 11 is 2.72. The summed E-state index contributed by atoms with van der Waals surface area (Å²) in [6, 6.07) is 5.51. The molecule has 4 heteroatoms. The van der Waals surface area contributed by atoms with E-state index in [-0.39, 0.29) is 5.82 Å². The number of benzene rings is 1. The topological polar surface area (TPSA) is 23.8 Å². The first-order valence-electron chi connectivity index (χ1n) is 3.91. The lowest BCUT2D eigenvalue weighted by Gasteiger charge is -2.02. The van der Waals surface area contributed by atoms with Crippen molar-refractivity contribution >= 4 is 33.2 Å². The molecule has 0 unspecified atom stereocenters. The van der Waals surface area contributed by atoms with E-state index in [1.807, 2.05) is 11.4 Å². The number of nitrogens with zero attached hydrogens (tertiary/aromatic N) is 1. The Morgan fingerprint density at radius 2 is 2.36 bits per heavy atom. The van der Waals surface area contributed by atoms with Crippen LogP contribution in [-0.2, 0) is 0 Å². The van der Waals surface area contributed by atoms with E-state index >= 15 is 0 Å². The van der Waals surface area contributed by atoms with Crippen molar-refractivity contribution in [2.75, 3.05) is 6.26 Å². The van der Waals surface area contributed by atoms with E-state index in [0.29, 0.717) is 15.8 Å². The molecule has 0 saturated carbocycles. The molecule has 0 N–H and O–H groups in total. The Morgan fingerprint density at radius 3 is 3.00 bits per heavy atom. The molecule has 1 aromatic heterocycles. The van der Waals surface area contributed by atoms with Crippen LogP contribution >= 0.6 is 23.1 Å². The molecule has 0 saturated heterocycles. The molecule has 0 atom stereocenters. The van der Waals surface area contributed by atoms with Crippen LogP contribution in [0.2, 0.25) is 0 Å². The van der Waals surface area contributed by atoms with Crippen molar-refractivity contribution < 1.29 is 4.39 Å². The van der Waals surface area contributed by atoms with Crippen LogP contribution in [0.4, 0.5) is 4.39 Å². The molecule has 1 aromatic carbocycles. The fourth-order valence-electron chi connectivity index (χ4n) is 1.33. The maximum absolute atomic E-state index is 13.8. The van der Waals surface area contributed by atoms with Gasteiger partial charge in [0.1, 0.15) is 11.9 Å². The first-order chi connectivity index (χ1) is 6.77. The Hall–Kier alpha value is -1.05. The minimum atomic E-state index is -0.271. The quantitative estimate of drug-likeness (QED) is 0.689. The van der Waals surface area contributed by atoms with Crippen LogP contribution in [0.5, 0.6) is 0 Å². The number of hydrogen-bond acceptors (Lipinski definition) is 3. The van der Waals surface area contributed by atoms with Gasteiger partial charge in [0, 0.05) is 10.1 Å². The van der Waals surface area contributed by atoms with Crippen LogP contribution in [0.1, 0.15) is 5.56 Å². The Balaban J connectivity index is 2.87. The zero-order chi connectivity index (χ0) is 10.1. The minimum Gasteiger partial charge on any atom is -0.205 e. The first-order valence-corrected chi connectivity index (χ1v) is 6.02. The first kappa shape index (κ1) is 9.50. The second-order valence-corrected chi connectivity index (χ2v) is 4.48. The molecule has 0 fully saturated rings. The SMILES string of the molecule is CSc1c(C#N)cc2sccc2c1F. The molecule has 0 aliphatic carbocycles. The Morgan fingerprint density at radius 1 is 1.57 bits per heavy atom. The summed E-state index contributed by atoms with van der Waals surface area (Å²) in [6.45, 7) is 0. The van der Waals surface area contributed by atoms with Crippen LogP contribution in [0.3, 0.4) is 0 Å². The lowest BCUT2D eigenvalue weighted by Crippen LogP contribution is -1.86. The van der Waals surface area contributed by atoms with Crippen molar-refractivity contribution in [3.05, 3.63) is 28.9 Å². The van der Waals surface area contributed by atoms with Crippen LogP contribution in [0, 0.1) is 17.1 Å². The van der Waals surface area contributed by atoms with Gasteiger partial charge in [-0.3, -0.25) is 0 Å². The molecule has 70 valence electrons. The molecule has 0 aliphatic heterocycles. The van der Waals surface area contributed by atoms with Gasteiger partial charge in [0.05, 0.1) is 10.5 Å². The summed E-state index contributed by atoms with van der Waals surface area (Å²) in [5.74, 6) is -0.271. The number of rotatable bonds is 1. The predicted octanol–water partition coefficient (Wildman–Crippen LogP) is 3.63. The molecular formula is C10H6FNS2. The van der Waals surface area contributed by atoms with E-state index in [9.17, 15) is 4.39 Å². The minimum absolute atomic E-state index is 0.271. The van der Waals surface area contributed by atoms with Gasteiger partial charge in [-0.15, -0.1) is 23.1 Å². The van der Waals surface area contributed by atoms with Gasteiger partial charge in [-0.25, -0.2) is 4.39 Å². The average Bonchev–Trinajstić information content (AvgIpc) is 2.65. The molecular weight excluding hydrogens is 217 g/mol. The van der Waals surface area contributed by atoms with E-state index in [1.54, 1.807) is 18.4 Å². The molecule has 0 spiro atoms. The van der Waals surface area contributed by atoms with Gasteiger partial charge in [-0.05, 0) is 23.8 Å². The van der Waals surface area contributed by atoms with Gasteiger partial charge >= 0.3 is 0 Å². The molecule has 1 heterocycles. The van der Waals surface area contributed by atoms with E-state index in [2.05, 4.69) is 0 Å². The molecule has 0 bridgehead atoms. The Kier molecular flexibility index (Phi) is 2.44. The normalized spacial score (nSPS) is 10.4. The van der Waals surface area contributed by atoms with Crippen LogP contribution in [-0.4, -0.2) is 6.26 Å². The molecule has 2 aromatic rings. The average molecular weight is 223 g/mol. The fourth-order valence-corrected chi connectivity index (χ4v) is 2.77. The lowest BCUT2D eigenvalue weighted by atomic mass is 10.2. The van der Waals surface area contributed by atoms with E-state index in [4.69, 9.17) is 5.26 Å². The van der Waals surface area contributed by atoms with Crippen molar-refractivity contribution in [3.63, 3.8) is 0 Å². The maximum Gasteiger partial charge on any atom is 0.146 e. The maximum atomic E-state index is 13.8. The number of thiophene rings is 1. The molecule has 0 radical (unpaired) electrons. The number of thioether (sulfide) groups is 1. The standard InChI is InChI=1S/C10H6FNS2/c1-13-10-6(5-12)4-8-7(9(10)11)2-3-14-8/h2-4H,1H3. The summed E-state index contributed by atoms with van der Waals surface area (Å²) in [5.41, 5.74) is 0.421. The number of halogens is 1. The van der Waals surface area contributed by atoms with Gasteiger partial charge < -0.3 is 0 Å². The summed E-state index contributed by atoms with van der Waals surface area (Å²) < 4.78 is 14.6. The predicted molar refractivity (Wildman–Crippen MR) is 58.3 cm³/mol. The van der Waals surface area contributed by atoms with Crippen molar-refractivity contribution in [1.82, 2.24) is 0 Å². The van der Waals surface area contributed by atoms with Gasteiger partial charge in [-0.1, -0.05) is 0 Å². The van der Waals surface area contributed by atoms with E-state index in [0.717, 1.165) is 4.70 Å². The third kappa shape index (κ3) is 1.29. The fraction of sp³-hybridized carbons (Fsp3) is 0.100. The van der Waals surface area contributed by atoms with Crippen LogP contribution in [0.25, 0.3) is 10.1 Å². The zero-order valence-electron chi connectivity index (χ0n) is 7.37. The molecule has 0 aliphatic rings. The zero-order valence-corrected chi connectivity index (χ0v) is 9.01. The largest absolute Gasteiger partial charge is 0.205 e. The molecule has 0 amide bonds. The third-order valence-electron chi connectivity index (χ3n) is 1.98. The van der Waals surface area contributed by atoms with Gasteiger partial charge in [0.15, 0.2) is 0 Å². The van der Waals surface area contributed by atoms with Gasteiger partial charge in [-0.2, -0.15) is 5.26 Å². The third-order valence-corrected chi connectivity index (χ3v) is 3.65. The van der Waals surface area contributed by atoms with E-state index < -0.39 is 0 Å². The highest BCUT2D eigenvalue weighted by Crippen LogP contribution is 2.32. The van der Waals surface area contributed by atoms with Crippen molar-refractivity contribution in [1.29, 1.82) is 5.26 Å². The number of fused-ring (bicyclic) bond motifs is 1. The summed E-state index contributed by atoms with van der Waals surface area (Å²) in [7, 11) is 0. The lowest BCUT2D eigenvalue weighted by molar-refractivity contribution is 0.614. The van der Waals surface area contributed by atoms with Gasteiger partial charge in [0.25, 0.3) is 0 Å². The molecule has 2 rings (SSSR count). The summed E-state index contributed by atoms with van der Waals surface area (Å²) in [5, 5.41) is 11.3. The van der Waals surface area contributed by atoms with Crippen molar-refractivity contribution in [3.8, 4) is 6.07 Å². The Bertz CT molecular complexity index is 525. The second-order valence-electron chi connectivity index (χ2n) is 2.72. The van der Waals surface area contributed by atoms with Crippen LogP contribution in [0.15, 0.2) is 22.4 Å². The smallest absolute Gasteiger partial charge is 0.146 e. The van der Waals surface area contributed by atoms with Gasteiger partial charge in [0.2, 0.25) is 0 Å². The number of hydrogen-bond donors (Lipinski definition) is 0. The van der Waals surface area contributed by atoms with Crippen molar-refractivity contribution in [2.24, 2.45) is 0 Å². The highest BCUT2D eigenvalue weighted by atomic mass is 32.2. The molecule has 1 nitrogen and oxygen atoms in total. The summed E-state index contributed by atoms with van der Waals surface area (Å²) in [4.78, 5) is 0.443. The molecule has 14 heavy (non-hydrogen) atoms. The second kappa shape index (κ2) is 3.60.